The van der Waals surface area contributed by atoms with Gasteiger partial charge in [0.25, 0.3) is 0 Å². The van der Waals surface area contributed by atoms with E-state index in [9.17, 15) is 8.42 Å². The number of hydrogen-bond donors (Lipinski definition) is 2. The van der Waals surface area contributed by atoms with Crippen LogP contribution in [0.15, 0.2) is 23.2 Å². The Hall–Kier alpha value is -1.14. The van der Waals surface area contributed by atoms with Crippen molar-refractivity contribution in [1.29, 1.82) is 0 Å². The smallest absolute Gasteiger partial charge is 0.241 e. The van der Waals surface area contributed by atoms with Crippen LogP contribution in [0.1, 0.15) is 32.6 Å². The number of hydrogen-bond acceptors (Lipinski definition) is 4. The molecular formula is C14H21N3O2S. The van der Waals surface area contributed by atoms with E-state index in [1.165, 1.54) is 19.0 Å². The van der Waals surface area contributed by atoms with Crippen LogP contribution >= 0.6 is 0 Å². The third-order valence-corrected chi connectivity index (χ3v) is 5.93. The largest absolute Gasteiger partial charge is 0.370 e. The quantitative estimate of drug-likeness (QED) is 0.871. The second kappa shape index (κ2) is 5.33. The van der Waals surface area contributed by atoms with Gasteiger partial charge in [-0.3, -0.25) is 0 Å². The zero-order chi connectivity index (χ0) is 14.2. The lowest BCUT2D eigenvalue weighted by Gasteiger charge is -2.22. The van der Waals surface area contributed by atoms with Gasteiger partial charge < -0.3 is 5.32 Å². The van der Waals surface area contributed by atoms with E-state index in [0.29, 0.717) is 16.6 Å². The second-order valence-corrected chi connectivity index (χ2v) is 7.52. The number of aromatic nitrogens is 1. The number of nitrogens with zero attached hydrogens (tertiary/aromatic N) is 1. The Morgan fingerprint density at radius 1 is 1.35 bits per heavy atom. The number of anilines is 1. The molecule has 3 unspecified atom stereocenters. The van der Waals surface area contributed by atoms with E-state index in [2.05, 4.69) is 15.0 Å². The van der Waals surface area contributed by atoms with E-state index in [0.717, 1.165) is 25.3 Å². The molecular weight excluding hydrogens is 274 g/mol. The SMILES string of the molecule is CCNc1cc(S(=O)(=O)NC2CC3CCC2C3)ccn1. The standard InChI is InChI=1S/C14H21N3O2S/c1-2-15-14-9-12(5-6-16-14)20(18,19)17-13-8-10-3-4-11(13)7-10/h5-6,9-11,13,17H,2-4,7-8H2,1H3,(H,15,16). The van der Waals surface area contributed by atoms with E-state index in [-0.39, 0.29) is 6.04 Å². The molecule has 0 amide bonds. The van der Waals surface area contributed by atoms with Gasteiger partial charge in [0.15, 0.2) is 0 Å². The Morgan fingerprint density at radius 2 is 2.20 bits per heavy atom. The summed E-state index contributed by atoms with van der Waals surface area (Å²) in [4.78, 5) is 4.41. The molecule has 2 saturated carbocycles. The fourth-order valence-electron chi connectivity index (χ4n) is 3.51. The van der Waals surface area contributed by atoms with Gasteiger partial charge in [-0.05, 0) is 44.1 Å². The minimum absolute atomic E-state index is 0.120. The summed E-state index contributed by atoms with van der Waals surface area (Å²) in [6, 6.07) is 3.27. The third kappa shape index (κ3) is 2.67. The average molecular weight is 295 g/mol. The molecule has 6 heteroatoms. The molecule has 1 heterocycles. The van der Waals surface area contributed by atoms with E-state index in [4.69, 9.17) is 0 Å². The van der Waals surface area contributed by atoms with Crippen LogP contribution in [0.4, 0.5) is 5.82 Å². The predicted octanol–water partition coefficient (Wildman–Crippen LogP) is 1.98. The molecule has 1 aromatic heterocycles. The van der Waals surface area contributed by atoms with Crippen molar-refractivity contribution in [3.8, 4) is 0 Å². The molecule has 0 radical (unpaired) electrons. The van der Waals surface area contributed by atoms with Crippen molar-refractivity contribution in [2.75, 3.05) is 11.9 Å². The summed E-state index contributed by atoms with van der Waals surface area (Å²) in [6.07, 6.45) is 6.15. The topological polar surface area (TPSA) is 71.1 Å². The van der Waals surface area contributed by atoms with E-state index >= 15 is 0 Å². The fourth-order valence-corrected chi connectivity index (χ4v) is 4.84. The molecule has 0 aliphatic heterocycles. The molecule has 2 aliphatic carbocycles. The first kappa shape index (κ1) is 13.8. The molecule has 2 N–H and O–H groups in total. The summed E-state index contributed by atoms with van der Waals surface area (Å²) in [5.74, 6) is 1.86. The lowest BCUT2D eigenvalue weighted by atomic mass is 9.96. The van der Waals surface area contributed by atoms with Crippen LogP contribution in [0.25, 0.3) is 0 Å². The minimum Gasteiger partial charge on any atom is -0.370 e. The summed E-state index contributed by atoms with van der Waals surface area (Å²) in [5, 5.41) is 3.04. The number of pyridine rings is 1. The highest BCUT2D eigenvalue weighted by Crippen LogP contribution is 2.44. The van der Waals surface area contributed by atoms with E-state index < -0.39 is 10.0 Å². The Morgan fingerprint density at radius 3 is 2.85 bits per heavy atom. The van der Waals surface area contributed by atoms with Crippen LogP contribution in [0.3, 0.4) is 0 Å². The van der Waals surface area contributed by atoms with Crippen LogP contribution in [-0.4, -0.2) is 26.0 Å². The lowest BCUT2D eigenvalue weighted by molar-refractivity contribution is 0.390. The fraction of sp³-hybridized carbons (Fsp3) is 0.643. The number of fused-ring (bicyclic) bond motifs is 2. The highest BCUT2D eigenvalue weighted by Gasteiger charge is 2.41. The Bertz CT molecular complexity index is 588. The normalized spacial score (nSPS) is 28.8. The van der Waals surface area contributed by atoms with Crippen molar-refractivity contribution in [3.05, 3.63) is 18.3 Å². The zero-order valence-electron chi connectivity index (χ0n) is 11.7. The third-order valence-electron chi connectivity index (χ3n) is 4.44. The molecule has 0 spiro atoms. The summed E-state index contributed by atoms with van der Waals surface area (Å²) in [7, 11) is -3.44. The highest BCUT2D eigenvalue weighted by atomic mass is 32.2. The van der Waals surface area contributed by atoms with Crippen LogP contribution in [0.5, 0.6) is 0 Å². The molecule has 110 valence electrons. The summed E-state index contributed by atoms with van der Waals surface area (Å²) in [5.41, 5.74) is 0. The Balaban J connectivity index is 1.76. The minimum atomic E-state index is -3.44. The lowest BCUT2D eigenvalue weighted by Crippen LogP contribution is -2.38. The van der Waals surface area contributed by atoms with Gasteiger partial charge in [-0.25, -0.2) is 18.1 Å². The zero-order valence-corrected chi connectivity index (χ0v) is 12.5. The van der Waals surface area contributed by atoms with Crippen molar-refractivity contribution >= 4 is 15.8 Å². The summed E-state index contributed by atoms with van der Waals surface area (Å²) in [6.45, 7) is 2.67. The molecule has 2 aliphatic rings. The number of rotatable bonds is 5. The predicted molar refractivity (Wildman–Crippen MR) is 78.0 cm³/mol. The van der Waals surface area contributed by atoms with Crippen LogP contribution in [0.2, 0.25) is 0 Å². The maximum atomic E-state index is 12.5. The first-order chi connectivity index (χ1) is 9.58. The molecule has 0 saturated heterocycles. The molecule has 2 bridgehead atoms. The van der Waals surface area contributed by atoms with Gasteiger partial charge in [-0.15, -0.1) is 0 Å². The molecule has 0 aromatic carbocycles. The van der Waals surface area contributed by atoms with Crippen LogP contribution in [0, 0.1) is 11.8 Å². The van der Waals surface area contributed by atoms with Crippen LogP contribution < -0.4 is 10.0 Å². The van der Waals surface area contributed by atoms with E-state index in [1.54, 1.807) is 12.1 Å². The first-order valence-corrected chi connectivity index (χ1v) is 8.79. The molecule has 5 nitrogen and oxygen atoms in total. The highest BCUT2D eigenvalue weighted by molar-refractivity contribution is 7.89. The molecule has 20 heavy (non-hydrogen) atoms. The first-order valence-electron chi connectivity index (χ1n) is 7.30. The van der Waals surface area contributed by atoms with Crippen molar-refractivity contribution in [2.45, 2.75) is 43.5 Å². The summed E-state index contributed by atoms with van der Waals surface area (Å²) >= 11 is 0. The summed E-state index contributed by atoms with van der Waals surface area (Å²) < 4.78 is 27.8. The van der Waals surface area contributed by atoms with Gasteiger partial charge in [-0.1, -0.05) is 6.42 Å². The molecule has 2 fully saturated rings. The molecule has 3 atom stereocenters. The van der Waals surface area contributed by atoms with Crippen LogP contribution in [-0.2, 0) is 10.0 Å². The van der Waals surface area contributed by atoms with Gasteiger partial charge in [0.05, 0.1) is 4.90 Å². The Kier molecular flexibility index (Phi) is 3.69. The van der Waals surface area contributed by atoms with Gasteiger partial charge in [0.1, 0.15) is 5.82 Å². The van der Waals surface area contributed by atoms with Gasteiger partial charge in [0.2, 0.25) is 10.0 Å². The second-order valence-electron chi connectivity index (χ2n) is 5.81. The Labute approximate surface area is 120 Å². The van der Waals surface area contributed by atoms with Gasteiger partial charge >= 0.3 is 0 Å². The maximum absolute atomic E-state index is 12.5. The average Bonchev–Trinajstić information content (AvgIpc) is 3.01. The van der Waals surface area contributed by atoms with Crippen molar-refractivity contribution in [2.24, 2.45) is 11.8 Å². The number of sulfonamides is 1. The molecule has 1 aromatic rings. The van der Waals surface area contributed by atoms with Gasteiger partial charge in [0, 0.05) is 24.8 Å². The van der Waals surface area contributed by atoms with Crippen molar-refractivity contribution in [1.82, 2.24) is 9.71 Å². The number of nitrogens with one attached hydrogen (secondary N) is 2. The maximum Gasteiger partial charge on any atom is 0.241 e. The van der Waals surface area contributed by atoms with Crippen molar-refractivity contribution in [3.63, 3.8) is 0 Å². The van der Waals surface area contributed by atoms with Crippen molar-refractivity contribution < 1.29 is 8.42 Å². The molecule has 3 rings (SSSR count). The monoisotopic (exact) mass is 295 g/mol. The van der Waals surface area contributed by atoms with E-state index in [1.807, 2.05) is 6.92 Å². The van der Waals surface area contributed by atoms with Gasteiger partial charge in [-0.2, -0.15) is 0 Å².